The van der Waals surface area contributed by atoms with Crippen molar-refractivity contribution in [2.45, 2.75) is 25.3 Å². The van der Waals surface area contributed by atoms with Crippen LogP contribution in [0, 0.1) is 10.7 Å². The third-order valence-corrected chi connectivity index (χ3v) is 7.24. The van der Waals surface area contributed by atoms with E-state index in [9.17, 15) is 14.7 Å². The van der Waals surface area contributed by atoms with E-state index < -0.39 is 11.5 Å². The molecule has 7 heteroatoms. The van der Waals surface area contributed by atoms with Crippen molar-refractivity contribution in [3.63, 3.8) is 0 Å². The van der Waals surface area contributed by atoms with Gasteiger partial charge in [-0.1, -0.05) is 0 Å². The van der Waals surface area contributed by atoms with E-state index in [1.165, 1.54) is 4.90 Å². The lowest BCUT2D eigenvalue weighted by Crippen LogP contribution is -2.51. The SMILES string of the molecule is CC1(C(=O)O)CCCN1C(=O)c1cc(I)cc(I)c1I. The van der Waals surface area contributed by atoms with Gasteiger partial charge >= 0.3 is 5.97 Å². The fourth-order valence-electron chi connectivity index (χ4n) is 2.37. The van der Waals surface area contributed by atoms with Gasteiger partial charge in [-0.25, -0.2) is 4.79 Å². The molecule has 0 aliphatic carbocycles. The number of halogens is 3. The number of rotatable bonds is 2. The highest BCUT2D eigenvalue weighted by Crippen LogP contribution is 2.32. The quantitative estimate of drug-likeness (QED) is 0.412. The van der Waals surface area contributed by atoms with Crippen LogP contribution in [0.3, 0.4) is 0 Å². The van der Waals surface area contributed by atoms with Gasteiger partial charge in [0.1, 0.15) is 5.54 Å². The Bertz CT molecular complexity index is 590. The number of likely N-dealkylation sites (tertiary alicyclic amines) is 1. The van der Waals surface area contributed by atoms with Crippen molar-refractivity contribution in [2.24, 2.45) is 0 Å². The Morgan fingerprint density at radius 2 is 1.95 bits per heavy atom. The minimum Gasteiger partial charge on any atom is -0.480 e. The molecule has 108 valence electrons. The van der Waals surface area contributed by atoms with Gasteiger partial charge in [0.25, 0.3) is 5.91 Å². The van der Waals surface area contributed by atoms with Crippen LogP contribution >= 0.6 is 67.8 Å². The van der Waals surface area contributed by atoms with E-state index in [4.69, 9.17) is 0 Å². The molecule has 0 aromatic heterocycles. The summed E-state index contributed by atoms with van der Waals surface area (Å²) in [6, 6.07) is 3.83. The Hall–Kier alpha value is 0.350. The molecule has 0 bridgehead atoms. The van der Waals surface area contributed by atoms with Crippen molar-refractivity contribution in [2.75, 3.05) is 6.54 Å². The standard InChI is InChI=1S/C13H12I3NO3/c1-13(12(19)20)3-2-4-17(13)11(18)8-5-7(14)6-9(15)10(8)16/h5-6H,2-4H2,1H3,(H,19,20). The van der Waals surface area contributed by atoms with Crippen molar-refractivity contribution >= 4 is 79.6 Å². The van der Waals surface area contributed by atoms with Crippen LogP contribution < -0.4 is 0 Å². The maximum atomic E-state index is 12.7. The minimum absolute atomic E-state index is 0.187. The molecule has 0 radical (unpaired) electrons. The molecule has 1 atom stereocenters. The number of carbonyl (C=O) groups excluding carboxylic acids is 1. The van der Waals surface area contributed by atoms with Gasteiger partial charge < -0.3 is 10.0 Å². The molecule has 0 spiro atoms. The molecule has 4 nitrogen and oxygen atoms in total. The van der Waals surface area contributed by atoms with E-state index in [-0.39, 0.29) is 5.91 Å². The Labute approximate surface area is 158 Å². The predicted molar refractivity (Wildman–Crippen MR) is 101 cm³/mol. The van der Waals surface area contributed by atoms with Gasteiger partial charge in [0.15, 0.2) is 0 Å². The van der Waals surface area contributed by atoms with E-state index in [1.54, 1.807) is 6.92 Å². The molecule has 1 heterocycles. The van der Waals surface area contributed by atoms with Crippen LogP contribution in [0.25, 0.3) is 0 Å². The summed E-state index contributed by atoms with van der Waals surface area (Å²) in [4.78, 5) is 25.7. The second-order valence-electron chi connectivity index (χ2n) is 4.89. The zero-order chi connectivity index (χ0) is 15.1. The third kappa shape index (κ3) is 2.94. The number of carbonyl (C=O) groups is 2. The second kappa shape index (κ2) is 6.23. The summed E-state index contributed by atoms with van der Waals surface area (Å²) in [5.74, 6) is -1.12. The normalized spacial score (nSPS) is 22.1. The summed E-state index contributed by atoms with van der Waals surface area (Å²) in [5, 5.41) is 9.42. The fraction of sp³-hybridized carbons (Fsp3) is 0.385. The second-order valence-corrected chi connectivity index (χ2v) is 8.38. The minimum atomic E-state index is -1.09. The molecule has 1 saturated heterocycles. The van der Waals surface area contributed by atoms with Crippen molar-refractivity contribution < 1.29 is 14.7 Å². The molecular formula is C13H12I3NO3. The number of hydrogen-bond acceptors (Lipinski definition) is 2. The smallest absolute Gasteiger partial charge is 0.329 e. The van der Waals surface area contributed by atoms with Gasteiger partial charge in [0, 0.05) is 17.3 Å². The van der Waals surface area contributed by atoms with Crippen LogP contribution in [-0.4, -0.2) is 34.0 Å². The number of amides is 1. The van der Waals surface area contributed by atoms with E-state index in [0.717, 1.165) is 17.1 Å². The molecule has 20 heavy (non-hydrogen) atoms. The molecule has 0 saturated carbocycles. The van der Waals surface area contributed by atoms with Crippen molar-refractivity contribution in [3.05, 3.63) is 28.4 Å². The first-order valence-corrected chi connectivity index (χ1v) is 9.21. The molecule has 2 rings (SSSR count). The average molecular weight is 611 g/mol. The Morgan fingerprint density at radius 1 is 1.30 bits per heavy atom. The fourth-order valence-corrected chi connectivity index (χ4v) is 4.76. The Kier molecular flexibility index (Phi) is 5.20. The highest BCUT2D eigenvalue weighted by molar-refractivity contribution is 14.1. The highest BCUT2D eigenvalue weighted by Gasteiger charge is 2.46. The number of aliphatic carboxylic acids is 1. The van der Waals surface area contributed by atoms with Gasteiger partial charge in [0.05, 0.1) is 5.56 Å². The number of nitrogens with zero attached hydrogens (tertiary/aromatic N) is 1. The Balaban J connectivity index is 2.44. The first kappa shape index (κ1) is 16.7. The zero-order valence-corrected chi connectivity index (χ0v) is 17.1. The van der Waals surface area contributed by atoms with Gasteiger partial charge in [0.2, 0.25) is 0 Å². The third-order valence-electron chi connectivity index (χ3n) is 3.57. The van der Waals surface area contributed by atoms with Crippen LogP contribution in [0.2, 0.25) is 0 Å². The van der Waals surface area contributed by atoms with Gasteiger partial charge in [-0.2, -0.15) is 0 Å². The van der Waals surface area contributed by atoms with Crippen LogP contribution in [-0.2, 0) is 4.79 Å². The topological polar surface area (TPSA) is 57.6 Å². The number of benzene rings is 1. The summed E-state index contributed by atoms with van der Waals surface area (Å²) < 4.78 is 2.87. The van der Waals surface area contributed by atoms with E-state index in [2.05, 4.69) is 67.8 Å². The van der Waals surface area contributed by atoms with Gasteiger partial charge in [-0.05, 0) is 99.7 Å². The Morgan fingerprint density at radius 3 is 2.55 bits per heavy atom. The summed E-state index contributed by atoms with van der Waals surface area (Å²) in [5.41, 5.74) is -0.497. The molecule has 1 amide bonds. The van der Waals surface area contributed by atoms with E-state index in [0.29, 0.717) is 18.5 Å². The van der Waals surface area contributed by atoms with Crippen LogP contribution in [0.15, 0.2) is 12.1 Å². The lowest BCUT2D eigenvalue weighted by atomic mass is 9.98. The van der Waals surface area contributed by atoms with Crippen molar-refractivity contribution in [3.8, 4) is 0 Å². The lowest BCUT2D eigenvalue weighted by molar-refractivity contribution is -0.147. The molecule has 1 N–H and O–H groups in total. The van der Waals surface area contributed by atoms with Crippen molar-refractivity contribution in [1.29, 1.82) is 0 Å². The first-order chi connectivity index (χ1) is 9.27. The molecule has 1 aromatic rings. The first-order valence-electron chi connectivity index (χ1n) is 5.97. The maximum Gasteiger partial charge on any atom is 0.329 e. The molecule has 1 aliphatic heterocycles. The molecule has 1 fully saturated rings. The number of carboxylic acids is 1. The largest absolute Gasteiger partial charge is 0.480 e. The van der Waals surface area contributed by atoms with E-state index >= 15 is 0 Å². The van der Waals surface area contributed by atoms with Crippen LogP contribution in [0.5, 0.6) is 0 Å². The summed E-state index contributed by atoms with van der Waals surface area (Å²) in [7, 11) is 0. The number of carboxylic acid groups (broad SMARTS) is 1. The summed E-state index contributed by atoms with van der Waals surface area (Å²) in [6.07, 6.45) is 1.23. The molecule has 1 aromatic carbocycles. The van der Waals surface area contributed by atoms with Gasteiger partial charge in [-0.3, -0.25) is 4.79 Å². The summed E-state index contributed by atoms with van der Waals surface area (Å²) >= 11 is 6.51. The average Bonchev–Trinajstić information content (AvgIpc) is 2.76. The molecule has 1 aliphatic rings. The van der Waals surface area contributed by atoms with E-state index in [1.807, 2.05) is 12.1 Å². The van der Waals surface area contributed by atoms with Crippen molar-refractivity contribution in [1.82, 2.24) is 4.90 Å². The maximum absolute atomic E-state index is 12.7. The monoisotopic (exact) mass is 611 g/mol. The van der Waals surface area contributed by atoms with Crippen LogP contribution in [0.1, 0.15) is 30.1 Å². The molecular weight excluding hydrogens is 599 g/mol. The summed E-state index contributed by atoms with van der Waals surface area (Å²) in [6.45, 7) is 2.13. The highest BCUT2D eigenvalue weighted by atomic mass is 127. The predicted octanol–water partition coefficient (Wildman–Crippen LogP) is 3.58. The van der Waals surface area contributed by atoms with Crippen LogP contribution in [0.4, 0.5) is 0 Å². The zero-order valence-electron chi connectivity index (χ0n) is 10.6. The molecule has 1 unspecified atom stereocenters. The van der Waals surface area contributed by atoms with Gasteiger partial charge in [-0.15, -0.1) is 0 Å². The number of hydrogen-bond donors (Lipinski definition) is 1. The lowest BCUT2D eigenvalue weighted by Gasteiger charge is -2.31.